The van der Waals surface area contributed by atoms with Crippen molar-refractivity contribution in [3.8, 4) is 0 Å². The normalized spacial score (nSPS) is 19.6. The lowest BCUT2D eigenvalue weighted by Gasteiger charge is -2.25. The van der Waals surface area contributed by atoms with Gasteiger partial charge in [0.15, 0.2) is 5.11 Å². The number of nitrogens with zero attached hydrogens (tertiary/aromatic N) is 2. The molecule has 0 amide bonds. The molecule has 0 spiro atoms. The van der Waals surface area contributed by atoms with E-state index in [2.05, 4.69) is 36.0 Å². The van der Waals surface area contributed by atoms with E-state index in [0.717, 1.165) is 24.7 Å². The topological polar surface area (TPSA) is 18.5 Å². The predicted octanol–water partition coefficient (Wildman–Crippen LogP) is 0.907. The van der Waals surface area contributed by atoms with E-state index in [4.69, 9.17) is 12.2 Å². The van der Waals surface area contributed by atoms with E-state index < -0.39 is 0 Å². The molecule has 0 radical (unpaired) electrons. The van der Waals surface area contributed by atoms with Crippen molar-refractivity contribution in [2.24, 2.45) is 0 Å². The van der Waals surface area contributed by atoms with Crippen molar-refractivity contribution in [3.63, 3.8) is 0 Å². The molecule has 3 nitrogen and oxygen atoms in total. The van der Waals surface area contributed by atoms with Crippen molar-refractivity contribution < 1.29 is 0 Å². The minimum atomic E-state index is 0.434. The van der Waals surface area contributed by atoms with E-state index in [-0.39, 0.29) is 0 Å². The molecule has 1 N–H and O–H groups in total. The van der Waals surface area contributed by atoms with Crippen LogP contribution in [-0.4, -0.2) is 54.2 Å². The molecule has 82 valence electrons. The Morgan fingerprint density at radius 2 is 1.93 bits per heavy atom. The minimum Gasteiger partial charge on any atom is -0.360 e. The van der Waals surface area contributed by atoms with Crippen LogP contribution < -0.4 is 5.32 Å². The van der Waals surface area contributed by atoms with Crippen molar-refractivity contribution in [1.82, 2.24) is 15.1 Å². The average molecular weight is 215 g/mol. The van der Waals surface area contributed by atoms with E-state index in [0.29, 0.717) is 6.04 Å². The maximum atomic E-state index is 5.35. The van der Waals surface area contributed by atoms with Gasteiger partial charge in [0.2, 0.25) is 0 Å². The standard InChI is InChI=1S/C10H21N3S/c1-9(2)11-10(14)13-6-4-5-12(3)7-8-13/h9H,4-8H2,1-3H3,(H,11,14). The summed E-state index contributed by atoms with van der Waals surface area (Å²) >= 11 is 5.35. The van der Waals surface area contributed by atoms with Crippen molar-refractivity contribution in [1.29, 1.82) is 0 Å². The van der Waals surface area contributed by atoms with Crippen LogP contribution in [0.3, 0.4) is 0 Å². The number of likely N-dealkylation sites (N-methyl/N-ethyl adjacent to an activating group) is 1. The molecule has 0 bridgehead atoms. The lowest BCUT2D eigenvalue weighted by atomic mass is 10.4. The summed E-state index contributed by atoms with van der Waals surface area (Å²) in [5.41, 5.74) is 0. The molecule has 0 aliphatic carbocycles. The molecule has 0 aromatic heterocycles. The molecule has 1 aliphatic heterocycles. The molecule has 4 heteroatoms. The van der Waals surface area contributed by atoms with Gasteiger partial charge in [0.25, 0.3) is 0 Å². The van der Waals surface area contributed by atoms with Crippen molar-refractivity contribution in [3.05, 3.63) is 0 Å². The summed E-state index contributed by atoms with van der Waals surface area (Å²) in [6.07, 6.45) is 1.20. The monoisotopic (exact) mass is 215 g/mol. The first-order valence-corrected chi connectivity index (χ1v) is 5.74. The van der Waals surface area contributed by atoms with Crippen LogP contribution in [0.25, 0.3) is 0 Å². The van der Waals surface area contributed by atoms with Gasteiger partial charge in [-0.25, -0.2) is 0 Å². The van der Waals surface area contributed by atoms with Crippen LogP contribution in [0.5, 0.6) is 0 Å². The molecular formula is C10H21N3S. The van der Waals surface area contributed by atoms with Crippen molar-refractivity contribution >= 4 is 17.3 Å². The Labute approximate surface area is 92.4 Å². The summed E-state index contributed by atoms with van der Waals surface area (Å²) in [7, 11) is 2.17. The Morgan fingerprint density at radius 3 is 2.57 bits per heavy atom. The fourth-order valence-electron chi connectivity index (χ4n) is 1.59. The molecule has 0 saturated carbocycles. The third-order valence-electron chi connectivity index (χ3n) is 2.42. The summed E-state index contributed by atoms with van der Waals surface area (Å²) in [6.45, 7) is 8.67. The molecular weight excluding hydrogens is 194 g/mol. The largest absolute Gasteiger partial charge is 0.360 e. The van der Waals surface area contributed by atoms with E-state index in [9.17, 15) is 0 Å². The molecule has 1 heterocycles. The third-order valence-corrected chi connectivity index (χ3v) is 2.79. The zero-order valence-corrected chi connectivity index (χ0v) is 10.2. The number of hydrogen-bond donors (Lipinski definition) is 1. The molecule has 1 saturated heterocycles. The Balaban J connectivity index is 2.39. The summed E-state index contributed by atoms with van der Waals surface area (Å²) < 4.78 is 0. The van der Waals surface area contributed by atoms with Gasteiger partial charge in [-0.1, -0.05) is 0 Å². The van der Waals surface area contributed by atoms with Gasteiger partial charge in [-0.2, -0.15) is 0 Å². The zero-order valence-electron chi connectivity index (χ0n) is 9.42. The van der Waals surface area contributed by atoms with Crippen LogP contribution >= 0.6 is 12.2 Å². The molecule has 0 aromatic carbocycles. The third kappa shape index (κ3) is 3.80. The maximum absolute atomic E-state index is 5.35. The lowest BCUT2D eigenvalue weighted by molar-refractivity contribution is 0.345. The Bertz CT molecular complexity index is 194. The fraction of sp³-hybridized carbons (Fsp3) is 0.900. The second-order valence-electron chi connectivity index (χ2n) is 4.25. The Kier molecular flexibility index (Phi) is 4.62. The van der Waals surface area contributed by atoms with Crippen LogP contribution in [0, 0.1) is 0 Å². The first kappa shape index (κ1) is 11.7. The van der Waals surface area contributed by atoms with E-state index in [1.165, 1.54) is 13.0 Å². The van der Waals surface area contributed by atoms with Gasteiger partial charge in [-0.3, -0.25) is 0 Å². The Morgan fingerprint density at radius 1 is 1.21 bits per heavy atom. The van der Waals surface area contributed by atoms with Gasteiger partial charge in [-0.15, -0.1) is 0 Å². The molecule has 0 aromatic rings. The first-order chi connectivity index (χ1) is 6.59. The predicted molar refractivity (Wildman–Crippen MR) is 64.6 cm³/mol. The highest BCUT2D eigenvalue weighted by molar-refractivity contribution is 7.80. The highest BCUT2D eigenvalue weighted by Crippen LogP contribution is 2.01. The van der Waals surface area contributed by atoms with Crippen LogP contribution in [0.4, 0.5) is 0 Å². The van der Waals surface area contributed by atoms with E-state index in [1.54, 1.807) is 0 Å². The number of thiocarbonyl (C=S) groups is 1. The van der Waals surface area contributed by atoms with Gasteiger partial charge in [-0.05, 0) is 46.1 Å². The second-order valence-corrected chi connectivity index (χ2v) is 4.63. The molecule has 1 rings (SSSR count). The fourth-order valence-corrected chi connectivity index (χ4v) is 2.01. The Hall–Kier alpha value is -0.350. The van der Waals surface area contributed by atoms with Crippen LogP contribution in [-0.2, 0) is 0 Å². The number of hydrogen-bond acceptors (Lipinski definition) is 2. The SMILES string of the molecule is CC(C)NC(=S)N1CCCN(C)CC1. The molecule has 14 heavy (non-hydrogen) atoms. The highest BCUT2D eigenvalue weighted by Gasteiger charge is 2.14. The second kappa shape index (κ2) is 5.51. The summed E-state index contributed by atoms with van der Waals surface area (Å²) in [4.78, 5) is 4.64. The highest BCUT2D eigenvalue weighted by atomic mass is 32.1. The summed E-state index contributed by atoms with van der Waals surface area (Å²) in [6, 6.07) is 0.434. The van der Waals surface area contributed by atoms with Crippen molar-refractivity contribution in [2.45, 2.75) is 26.3 Å². The smallest absolute Gasteiger partial charge is 0.169 e. The first-order valence-electron chi connectivity index (χ1n) is 5.33. The van der Waals surface area contributed by atoms with Crippen molar-refractivity contribution in [2.75, 3.05) is 33.2 Å². The molecule has 1 aliphatic rings. The van der Waals surface area contributed by atoms with Crippen LogP contribution in [0.2, 0.25) is 0 Å². The molecule has 0 atom stereocenters. The average Bonchev–Trinajstić information content (AvgIpc) is 2.28. The van der Waals surface area contributed by atoms with E-state index >= 15 is 0 Å². The molecule has 0 unspecified atom stereocenters. The van der Waals surface area contributed by atoms with Gasteiger partial charge in [0.05, 0.1) is 0 Å². The quantitative estimate of drug-likeness (QED) is 0.655. The summed E-state index contributed by atoms with van der Waals surface area (Å²) in [5.74, 6) is 0. The van der Waals surface area contributed by atoms with Gasteiger partial charge in [0, 0.05) is 25.7 Å². The number of rotatable bonds is 1. The minimum absolute atomic E-state index is 0.434. The zero-order chi connectivity index (χ0) is 10.6. The molecule has 1 fully saturated rings. The van der Waals surface area contributed by atoms with E-state index in [1.807, 2.05) is 0 Å². The summed E-state index contributed by atoms with van der Waals surface area (Å²) in [5, 5.41) is 4.21. The maximum Gasteiger partial charge on any atom is 0.169 e. The van der Waals surface area contributed by atoms with Gasteiger partial charge >= 0.3 is 0 Å². The van der Waals surface area contributed by atoms with Gasteiger partial charge < -0.3 is 15.1 Å². The number of nitrogens with one attached hydrogen (secondary N) is 1. The van der Waals surface area contributed by atoms with Gasteiger partial charge in [0.1, 0.15) is 0 Å². The van der Waals surface area contributed by atoms with Crippen LogP contribution in [0.15, 0.2) is 0 Å². The lowest BCUT2D eigenvalue weighted by Crippen LogP contribution is -2.44. The van der Waals surface area contributed by atoms with Crippen LogP contribution in [0.1, 0.15) is 20.3 Å².